The van der Waals surface area contributed by atoms with Gasteiger partial charge in [0.1, 0.15) is 5.69 Å². The third-order valence-electron chi connectivity index (χ3n) is 1.85. The molecule has 0 saturated carbocycles. The van der Waals surface area contributed by atoms with Gasteiger partial charge < -0.3 is 15.8 Å². The van der Waals surface area contributed by atoms with Crippen molar-refractivity contribution in [3.63, 3.8) is 0 Å². The summed E-state index contributed by atoms with van der Waals surface area (Å²) in [5, 5.41) is 4.38. The molecule has 1 rings (SSSR count). The third kappa shape index (κ3) is 4.12. The van der Waals surface area contributed by atoms with Crippen LogP contribution in [0.1, 0.15) is 33.6 Å². The van der Waals surface area contributed by atoms with Crippen LogP contribution < -0.4 is 11.1 Å². The molecular weight excluding hydrogens is 242 g/mol. The Balaban J connectivity index is 2.55. The molecule has 0 saturated heterocycles. The molecule has 1 heterocycles. The highest BCUT2D eigenvalue weighted by molar-refractivity contribution is 7.11. The van der Waals surface area contributed by atoms with Gasteiger partial charge in [-0.15, -0.1) is 11.3 Å². The van der Waals surface area contributed by atoms with Gasteiger partial charge in [-0.3, -0.25) is 4.79 Å². The Labute approximate surface area is 103 Å². The van der Waals surface area contributed by atoms with E-state index < -0.39 is 5.97 Å². The molecule has 0 radical (unpaired) electrons. The summed E-state index contributed by atoms with van der Waals surface area (Å²) in [4.78, 5) is 26.8. The molecule has 0 aliphatic carbocycles. The second-order valence-corrected chi connectivity index (χ2v) is 4.01. The lowest BCUT2D eigenvalue weighted by Gasteiger charge is -2.00. The van der Waals surface area contributed by atoms with Crippen LogP contribution in [0.4, 0.5) is 0 Å². The monoisotopic (exact) mass is 257 g/mol. The largest absolute Gasteiger partial charge is 0.461 e. The number of esters is 1. The number of aromatic nitrogens is 1. The lowest BCUT2D eigenvalue weighted by molar-refractivity contribution is 0.0526. The predicted molar refractivity (Wildman–Crippen MR) is 64.1 cm³/mol. The number of nitrogens with two attached hydrogens (primary N) is 1. The molecule has 0 aliphatic rings. The average Bonchev–Trinajstić information content (AvgIpc) is 2.79. The van der Waals surface area contributed by atoms with Crippen molar-refractivity contribution in [2.75, 3.05) is 19.7 Å². The topological polar surface area (TPSA) is 94.3 Å². The van der Waals surface area contributed by atoms with E-state index in [0.29, 0.717) is 19.5 Å². The normalized spacial score (nSPS) is 10.0. The van der Waals surface area contributed by atoms with Crippen molar-refractivity contribution in [1.82, 2.24) is 10.3 Å². The minimum absolute atomic E-state index is 0.191. The van der Waals surface area contributed by atoms with Crippen LogP contribution in [-0.2, 0) is 4.74 Å². The number of nitrogens with zero attached hydrogens (tertiary/aromatic N) is 1. The molecule has 3 N–H and O–H groups in total. The molecule has 1 amide bonds. The maximum absolute atomic E-state index is 11.6. The van der Waals surface area contributed by atoms with E-state index in [2.05, 4.69) is 10.3 Å². The standard InChI is InChI=1S/C10H15N3O3S/c1-2-16-10(15)9-13-7(6-17-9)8(14)12-5-3-4-11/h6H,2-5,11H2,1H3,(H,12,14). The van der Waals surface area contributed by atoms with E-state index in [1.165, 1.54) is 5.38 Å². The van der Waals surface area contributed by atoms with Gasteiger partial charge >= 0.3 is 5.97 Å². The quantitative estimate of drug-likeness (QED) is 0.568. The zero-order valence-corrected chi connectivity index (χ0v) is 10.4. The molecule has 6 nitrogen and oxygen atoms in total. The number of hydrogen-bond acceptors (Lipinski definition) is 6. The van der Waals surface area contributed by atoms with Crippen molar-refractivity contribution < 1.29 is 14.3 Å². The molecule has 0 aromatic carbocycles. The van der Waals surface area contributed by atoms with Gasteiger partial charge in [0.25, 0.3) is 5.91 Å². The molecular formula is C10H15N3O3S. The van der Waals surface area contributed by atoms with Gasteiger partial charge in [0, 0.05) is 11.9 Å². The SMILES string of the molecule is CCOC(=O)c1nc(C(=O)NCCCN)cs1. The first-order chi connectivity index (χ1) is 8.19. The summed E-state index contributed by atoms with van der Waals surface area (Å²) in [7, 11) is 0. The van der Waals surface area contributed by atoms with Gasteiger partial charge in [0.05, 0.1) is 6.61 Å². The maximum Gasteiger partial charge on any atom is 0.367 e. The van der Waals surface area contributed by atoms with Crippen molar-refractivity contribution in [1.29, 1.82) is 0 Å². The van der Waals surface area contributed by atoms with E-state index in [1.807, 2.05) is 0 Å². The molecule has 0 aliphatic heterocycles. The fourth-order valence-corrected chi connectivity index (χ4v) is 1.75. The van der Waals surface area contributed by atoms with Crippen LogP contribution in [0, 0.1) is 0 Å². The minimum atomic E-state index is -0.501. The van der Waals surface area contributed by atoms with Gasteiger partial charge in [-0.1, -0.05) is 0 Å². The Kier molecular flexibility index (Phi) is 5.58. The molecule has 0 spiro atoms. The number of carbonyl (C=O) groups excluding carboxylic acids is 2. The summed E-state index contributed by atoms with van der Waals surface area (Å²) >= 11 is 1.09. The smallest absolute Gasteiger partial charge is 0.367 e. The van der Waals surface area contributed by atoms with Gasteiger partial charge in [-0.2, -0.15) is 0 Å². The van der Waals surface area contributed by atoms with Crippen LogP contribution in [0.3, 0.4) is 0 Å². The lowest BCUT2D eigenvalue weighted by Crippen LogP contribution is -2.26. The van der Waals surface area contributed by atoms with E-state index in [-0.39, 0.29) is 23.2 Å². The summed E-state index contributed by atoms with van der Waals surface area (Å²) in [6, 6.07) is 0. The summed E-state index contributed by atoms with van der Waals surface area (Å²) in [6.07, 6.45) is 0.709. The van der Waals surface area contributed by atoms with Gasteiger partial charge in [0.2, 0.25) is 5.01 Å². The lowest BCUT2D eigenvalue weighted by atomic mass is 10.4. The minimum Gasteiger partial charge on any atom is -0.461 e. The Bertz CT molecular complexity index is 392. The molecule has 94 valence electrons. The molecule has 7 heteroatoms. The van der Waals surface area contributed by atoms with Crippen LogP contribution in [-0.4, -0.2) is 36.6 Å². The van der Waals surface area contributed by atoms with E-state index in [4.69, 9.17) is 10.5 Å². The fourth-order valence-electron chi connectivity index (χ4n) is 1.06. The summed E-state index contributed by atoms with van der Waals surface area (Å²) in [5.41, 5.74) is 5.54. The Morgan fingerprint density at radius 3 is 3.00 bits per heavy atom. The van der Waals surface area contributed by atoms with Crippen LogP contribution in [0.25, 0.3) is 0 Å². The Hall–Kier alpha value is -1.47. The van der Waals surface area contributed by atoms with Crippen molar-refractivity contribution in [2.24, 2.45) is 5.73 Å². The van der Waals surface area contributed by atoms with Crippen molar-refractivity contribution >= 4 is 23.2 Å². The highest BCUT2D eigenvalue weighted by Crippen LogP contribution is 2.10. The molecule has 1 aromatic heterocycles. The highest BCUT2D eigenvalue weighted by Gasteiger charge is 2.15. The number of ether oxygens (including phenoxy) is 1. The third-order valence-corrected chi connectivity index (χ3v) is 2.68. The zero-order chi connectivity index (χ0) is 12.7. The first-order valence-electron chi connectivity index (χ1n) is 5.30. The van der Waals surface area contributed by atoms with Crippen LogP contribution >= 0.6 is 11.3 Å². The number of thiazole rings is 1. The zero-order valence-electron chi connectivity index (χ0n) is 9.56. The second-order valence-electron chi connectivity index (χ2n) is 3.16. The first-order valence-corrected chi connectivity index (χ1v) is 6.18. The molecule has 0 fully saturated rings. The Morgan fingerprint density at radius 1 is 1.59 bits per heavy atom. The van der Waals surface area contributed by atoms with Crippen LogP contribution in [0.15, 0.2) is 5.38 Å². The predicted octanol–water partition coefficient (Wildman–Crippen LogP) is 0.398. The van der Waals surface area contributed by atoms with Crippen LogP contribution in [0.5, 0.6) is 0 Å². The fraction of sp³-hybridized carbons (Fsp3) is 0.500. The number of amides is 1. The number of nitrogens with one attached hydrogen (secondary N) is 1. The molecule has 17 heavy (non-hydrogen) atoms. The van der Waals surface area contributed by atoms with E-state index in [9.17, 15) is 9.59 Å². The Morgan fingerprint density at radius 2 is 2.35 bits per heavy atom. The molecule has 0 atom stereocenters. The molecule has 1 aromatic rings. The average molecular weight is 257 g/mol. The maximum atomic E-state index is 11.6. The number of rotatable bonds is 6. The van der Waals surface area contributed by atoms with Gasteiger partial charge in [-0.25, -0.2) is 9.78 Å². The van der Waals surface area contributed by atoms with E-state index >= 15 is 0 Å². The van der Waals surface area contributed by atoms with Crippen LogP contribution in [0.2, 0.25) is 0 Å². The second kappa shape index (κ2) is 6.97. The van der Waals surface area contributed by atoms with Crippen molar-refractivity contribution in [3.05, 3.63) is 16.1 Å². The summed E-state index contributed by atoms with van der Waals surface area (Å²) in [6.45, 7) is 3.02. The summed E-state index contributed by atoms with van der Waals surface area (Å²) in [5.74, 6) is -0.802. The van der Waals surface area contributed by atoms with Gasteiger partial charge in [-0.05, 0) is 19.9 Å². The van der Waals surface area contributed by atoms with E-state index in [0.717, 1.165) is 11.3 Å². The summed E-state index contributed by atoms with van der Waals surface area (Å²) < 4.78 is 4.78. The number of carbonyl (C=O) groups is 2. The highest BCUT2D eigenvalue weighted by atomic mass is 32.1. The first kappa shape index (κ1) is 13.6. The molecule has 0 bridgehead atoms. The van der Waals surface area contributed by atoms with Gasteiger partial charge in [0.15, 0.2) is 0 Å². The van der Waals surface area contributed by atoms with E-state index in [1.54, 1.807) is 6.92 Å². The number of hydrogen-bond donors (Lipinski definition) is 2. The van der Waals surface area contributed by atoms with Crippen molar-refractivity contribution in [2.45, 2.75) is 13.3 Å². The van der Waals surface area contributed by atoms with Crippen molar-refractivity contribution in [3.8, 4) is 0 Å². The molecule has 0 unspecified atom stereocenters.